The highest BCUT2D eigenvalue weighted by atomic mass is 28.3. The largest absolute Gasteiger partial charge is 0.299 e. The summed E-state index contributed by atoms with van der Waals surface area (Å²) in [5, 5.41) is -0.136. The number of ketones is 1. The van der Waals surface area contributed by atoms with E-state index in [2.05, 4.69) is 96.9 Å². The van der Waals surface area contributed by atoms with Gasteiger partial charge in [0.15, 0.2) is 0 Å². The van der Waals surface area contributed by atoms with Crippen molar-refractivity contribution >= 4 is 38.1 Å². The van der Waals surface area contributed by atoms with Crippen LogP contribution in [0.5, 0.6) is 0 Å². The van der Waals surface area contributed by atoms with Gasteiger partial charge in [-0.2, -0.15) is 0 Å². The van der Waals surface area contributed by atoms with E-state index in [1.165, 1.54) is 84.6 Å². The third-order valence-corrected chi connectivity index (χ3v) is 39.6. The Morgan fingerprint density at radius 2 is 0.611 bits per heavy atom. The maximum Gasteiger partial charge on any atom is 0.138 e. The standard InChI is InChI=1S/C31H70OSi4/c1-15-33(16-2,17-3)27-30(13,35(21-7,22-8)23-9)29(32)31(14,36(24-10,25-11)26-12)28-34(18-4,19-5)20-6/h15-28H2,1-14H3. The highest BCUT2D eigenvalue weighted by molar-refractivity contribution is 6.94. The first kappa shape index (κ1) is 36.5. The van der Waals surface area contributed by atoms with Gasteiger partial charge in [0.05, 0.1) is 32.3 Å². The molecule has 0 aromatic heterocycles. The molecule has 0 aliphatic heterocycles. The fraction of sp³-hybridized carbons (Fsp3) is 0.968. The van der Waals surface area contributed by atoms with E-state index in [-0.39, 0.29) is 10.1 Å². The van der Waals surface area contributed by atoms with Gasteiger partial charge in [-0.1, -0.05) is 169 Å². The van der Waals surface area contributed by atoms with Crippen molar-refractivity contribution in [2.24, 2.45) is 0 Å². The monoisotopic (exact) mass is 570 g/mol. The van der Waals surface area contributed by atoms with Crippen LogP contribution in [0.4, 0.5) is 0 Å². The Kier molecular flexibility index (Phi) is 15.0. The fourth-order valence-corrected chi connectivity index (χ4v) is 31.6. The maximum absolute atomic E-state index is 15.9. The average Bonchev–Trinajstić information content (AvgIpc) is 2.92. The van der Waals surface area contributed by atoms with Crippen LogP contribution in [0.15, 0.2) is 0 Å². The van der Waals surface area contributed by atoms with Crippen molar-refractivity contribution in [3.63, 3.8) is 0 Å². The zero-order valence-corrected chi connectivity index (χ0v) is 31.8. The Labute approximate surface area is 233 Å². The molecule has 216 valence electrons. The highest BCUT2D eigenvalue weighted by Gasteiger charge is 2.63. The molecule has 2 atom stereocenters. The van der Waals surface area contributed by atoms with Crippen LogP contribution in [-0.2, 0) is 4.79 Å². The van der Waals surface area contributed by atoms with Crippen molar-refractivity contribution in [3.05, 3.63) is 0 Å². The van der Waals surface area contributed by atoms with Crippen molar-refractivity contribution in [1.29, 1.82) is 0 Å². The molecule has 0 aliphatic carbocycles. The molecule has 0 radical (unpaired) electrons. The first-order valence-electron chi connectivity index (χ1n) is 16.3. The number of carbonyl (C=O) groups is 1. The Bertz CT molecular complexity index is 560. The quantitative estimate of drug-likeness (QED) is 0.133. The lowest BCUT2D eigenvalue weighted by Crippen LogP contribution is -2.61. The molecule has 1 nitrogen and oxygen atoms in total. The van der Waals surface area contributed by atoms with Gasteiger partial charge in [-0.15, -0.1) is 0 Å². The summed E-state index contributed by atoms with van der Waals surface area (Å²) < 4.78 is 0. The molecule has 0 rings (SSSR count). The summed E-state index contributed by atoms with van der Waals surface area (Å²) in [6, 6.07) is 18.3. The minimum absolute atomic E-state index is 0.0681. The fourth-order valence-electron chi connectivity index (χ4n) is 9.22. The average molecular weight is 571 g/mol. The van der Waals surface area contributed by atoms with Gasteiger partial charge < -0.3 is 0 Å². The molecule has 5 heteroatoms. The molecule has 36 heavy (non-hydrogen) atoms. The lowest BCUT2D eigenvalue weighted by Gasteiger charge is -2.58. The predicted octanol–water partition coefficient (Wildman–Crippen LogP) is 12.1. The lowest BCUT2D eigenvalue weighted by atomic mass is 9.95. The Morgan fingerprint density at radius 1 is 0.417 bits per heavy atom. The van der Waals surface area contributed by atoms with Gasteiger partial charge in [0.1, 0.15) is 5.78 Å². The summed E-state index contributed by atoms with van der Waals surface area (Å²) in [4.78, 5) is 15.9. The summed E-state index contributed by atoms with van der Waals surface area (Å²) in [6.07, 6.45) is 0. The second-order valence-electron chi connectivity index (χ2n) is 13.2. The molecule has 0 saturated carbocycles. The number of hydrogen-bond donors (Lipinski definition) is 0. The van der Waals surface area contributed by atoms with Crippen molar-refractivity contribution < 1.29 is 4.79 Å². The Morgan fingerprint density at radius 3 is 0.750 bits per heavy atom. The molecular weight excluding hydrogens is 501 g/mol. The highest BCUT2D eigenvalue weighted by Crippen LogP contribution is 2.63. The van der Waals surface area contributed by atoms with Crippen molar-refractivity contribution in [2.45, 2.75) is 192 Å². The molecule has 0 saturated heterocycles. The first-order valence-corrected chi connectivity index (χ1v) is 27.2. The summed E-state index contributed by atoms with van der Waals surface area (Å²) in [5.41, 5.74) is 0. The Hall–Kier alpha value is 0.538. The minimum Gasteiger partial charge on any atom is -0.299 e. The van der Waals surface area contributed by atoms with Gasteiger partial charge >= 0.3 is 0 Å². The smallest absolute Gasteiger partial charge is 0.138 e. The van der Waals surface area contributed by atoms with E-state index < -0.39 is 32.3 Å². The van der Waals surface area contributed by atoms with Crippen LogP contribution in [0.1, 0.15) is 96.9 Å². The predicted molar refractivity (Wildman–Crippen MR) is 180 cm³/mol. The second kappa shape index (κ2) is 14.8. The van der Waals surface area contributed by atoms with Crippen LogP contribution < -0.4 is 0 Å². The third-order valence-electron chi connectivity index (χ3n) is 13.4. The van der Waals surface area contributed by atoms with Gasteiger partial charge in [0, 0.05) is 10.1 Å². The SMILES string of the molecule is CC[Si](CC)(CC)CC(C)(C(=O)C(C)(C[Si](CC)(CC)CC)[Si](CC)(CC)CC)[Si](CC)(CC)CC. The third kappa shape index (κ3) is 6.30. The number of rotatable bonds is 20. The van der Waals surface area contributed by atoms with Gasteiger partial charge in [0.25, 0.3) is 0 Å². The van der Waals surface area contributed by atoms with Crippen LogP contribution in [0.3, 0.4) is 0 Å². The van der Waals surface area contributed by atoms with E-state index in [0.717, 1.165) is 5.78 Å². The second-order valence-corrected chi connectivity index (χ2v) is 35.7. The van der Waals surface area contributed by atoms with E-state index in [9.17, 15) is 0 Å². The number of hydrogen-bond acceptors (Lipinski definition) is 1. The first-order chi connectivity index (χ1) is 16.8. The molecule has 0 N–H and O–H groups in total. The molecule has 0 aromatic carbocycles. The zero-order chi connectivity index (χ0) is 28.5. The van der Waals surface area contributed by atoms with Crippen LogP contribution in [0.25, 0.3) is 0 Å². The number of carbonyl (C=O) groups excluding carboxylic acids is 1. The van der Waals surface area contributed by atoms with E-state index in [1.807, 2.05) is 0 Å². The van der Waals surface area contributed by atoms with E-state index in [1.54, 1.807) is 0 Å². The minimum atomic E-state index is -1.80. The molecule has 0 aromatic rings. The van der Waals surface area contributed by atoms with Crippen molar-refractivity contribution in [3.8, 4) is 0 Å². The zero-order valence-electron chi connectivity index (χ0n) is 27.8. The summed E-state index contributed by atoms with van der Waals surface area (Å²) in [7, 11) is -6.58. The van der Waals surface area contributed by atoms with Gasteiger partial charge in [-0.25, -0.2) is 0 Å². The molecule has 0 heterocycles. The lowest BCUT2D eigenvalue weighted by molar-refractivity contribution is -0.124. The molecular formula is C31H70OSi4. The van der Waals surface area contributed by atoms with Crippen LogP contribution in [0, 0.1) is 0 Å². The van der Waals surface area contributed by atoms with E-state index >= 15 is 4.79 Å². The maximum atomic E-state index is 15.9. The molecule has 0 amide bonds. The topological polar surface area (TPSA) is 17.1 Å². The molecule has 0 spiro atoms. The van der Waals surface area contributed by atoms with Crippen LogP contribution in [0.2, 0.25) is 94.7 Å². The van der Waals surface area contributed by atoms with Gasteiger partial charge in [0.2, 0.25) is 0 Å². The van der Waals surface area contributed by atoms with Crippen molar-refractivity contribution in [1.82, 2.24) is 0 Å². The van der Waals surface area contributed by atoms with Gasteiger partial charge in [-0.3, -0.25) is 4.79 Å². The summed E-state index contributed by atoms with van der Waals surface area (Å²) >= 11 is 0. The molecule has 2 unspecified atom stereocenters. The normalized spacial score (nSPS) is 17.1. The number of Topliss-reactive ketones (excluding diaryl/α,β-unsaturated/α-hetero) is 1. The molecule has 0 aliphatic rings. The molecule has 0 fully saturated rings. The van der Waals surface area contributed by atoms with Crippen molar-refractivity contribution in [2.75, 3.05) is 0 Å². The van der Waals surface area contributed by atoms with Gasteiger partial charge in [-0.05, 0) is 12.1 Å². The molecule has 0 bridgehead atoms. The van der Waals surface area contributed by atoms with Crippen LogP contribution >= 0.6 is 0 Å². The summed E-state index contributed by atoms with van der Waals surface area (Å²) in [6.45, 7) is 34.7. The summed E-state index contributed by atoms with van der Waals surface area (Å²) in [5.74, 6) is 0.809. The Balaban J connectivity index is 7.62. The van der Waals surface area contributed by atoms with E-state index in [0.29, 0.717) is 0 Å². The van der Waals surface area contributed by atoms with Crippen LogP contribution in [-0.4, -0.2) is 38.1 Å². The van der Waals surface area contributed by atoms with E-state index in [4.69, 9.17) is 0 Å².